The van der Waals surface area contributed by atoms with Crippen molar-refractivity contribution in [3.63, 3.8) is 0 Å². The first-order chi connectivity index (χ1) is 15.9. The minimum absolute atomic E-state index is 0.332. The second-order valence-corrected chi connectivity index (χ2v) is 10.2. The van der Waals surface area contributed by atoms with Gasteiger partial charge in [-0.1, -0.05) is 51.1 Å². The molecule has 0 unspecified atom stereocenters. The molecule has 1 saturated carbocycles. The third-order valence-electron chi connectivity index (χ3n) is 6.75. The number of methoxy groups -OCH3 is 1. The van der Waals surface area contributed by atoms with E-state index in [2.05, 4.69) is 73.3 Å². The van der Waals surface area contributed by atoms with Crippen LogP contribution in [0.5, 0.6) is 5.75 Å². The summed E-state index contributed by atoms with van der Waals surface area (Å²) in [5.74, 6) is 2.45. The average molecular weight is 441 g/mol. The van der Waals surface area contributed by atoms with Gasteiger partial charge in [-0.05, 0) is 60.4 Å². The third kappa shape index (κ3) is 4.32. The predicted molar refractivity (Wildman–Crippen MR) is 135 cm³/mol. The Bertz CT molecular complexity index is 1240. The molecule has 4 aromatic rings. The minimum atomic E-state index is 0.332. The molecule has 0 radical (unpaired) electrons. The van der Waals surface area contributed by atoms with E-state index in [4.69, 9.17) is 14.7 Å². The molecule has 5 rings (SSSR count). The number of anilines is 1. The largest absolute Gasteiger partial charge is 0.497 e. The summed E-state index contributed by atoms with van der Waals surface area (Å²) >= 11 is 0. The summed E-state index contributed by atoms with van der Waals surface area (Å²) in [6.45, 7) is 7.12. The lowest BCUT2D eigenvalue weighted by Crippen LogP contribution is -2.35. The molecule has 1 aliphatic carbocycles. The molecule has 0 saturated heterocycles. The number of aromatic nitrogens is 3. The van der Waals surface area contributed by atoms with Crippen LogP contribution in [0, 0.1) is 11.3 Å². The van der Waals surface area contributed by atoms with Crippen molar-refractivity contribution >= 4 is 16.9 Å². The van der Waals surface area contributed by atoms with Crippen LogP contribution in [-0.2, 0) is 0 Å². The molecule has 0 bridgehead atoms. The summed E-state index contributed by atoms with van der Waals surface area (Å²) in [7, 11) is 1.69. The quantitative estimate of drug-likeness (QED) is 0.374. The van der Waals surface area contributed by atoms with Gasteiger partial charge in [0.15, 0.2) is 5.65 Å². The Morgan fingerprint density at radius 1 is 1.00 bits per heavy atom. The number of benzene rings is 2. The van der Waals surface area contributed by atoms with Crippen molar-refractivity contribution in [2.24, 2.45) is 11.3 Å². The highest BCUT2D eigenvalue weighted by Gasteiger charge is 2.32. The second kappa shape index (κ2) is 8.54. The van der Waals surface area contributed by atoms with Crippen molar-refractivity contribution in [3.05, 3.63) is 67.1 Å². The van der Waals surface area contributed by atoms with Crippen LogP contribution < -0.4 is 10.1 Å². The number of fused-ring (bicyclic) bond motifs is 1. The van der Waals surface area contributed by atoms with E-state index in [1.807, 2.05) is 18.2 Å². The van der Waals surface area contributed by atoms with Crippen molar-refractivity contribution in [1.82, 2.24) is 14.5 Å². The molecule has 2 heterocycles. The zero-order valence-electron chi connectivity index (χ0n) is 19.9. The van der Waals surface area contributed by atoms with E-state index in [9.17, 15) is 0 Å². The van der Waals surface area contributed by atoms with Crippen molar-refractivity contribution < 1.29 is 4.74 Å². The van der Waals surface area contributed by atoms with E-state index in [1.54, 1.807) is 13.4 Å². The zero-order chi connectivity index (χ0) is 23.0. The summed E-state index contributed by atoms with van der Waals surface area (Å²) in [4.78, 5) is 9.46. The van der Waals surface area contributed by atoms with Crippen molar-refractivity contribution in [2.45, 2.75) is 46.1 Å². The lowest BCUT2D eigenvalue weighted by molar-refractivity contribution is 0.178. The third-order valence-corrected chi connectivity index (χ3v) is 6.75. The Kier molecular flexibility index (Phi) is 5.57. The lowest BCUT2D eigenvalue weighted by Gasteiger charge is -2.39. The van der Waals surface area contributed by atoms with Crippen LogP contribution in [0.25, 0.3) is 27.8 Å². The second-order valence-electron chi connectivity index (χ2n) is 10.2. The maximum atomic E-state index is 5.35. The predicted octanol–water partition coefficient (Wildman–Crippen LogP) is 6.72. The number of hydrogen-bond donors (Lipinski definition) is 1. The standard InChI is InChI=1S/C28H32N4O/c1-19-14-21(16-28(2,3)15-19)31-26-25-24(20-8-6-5-7-9-20)17-32(27(25)30-18-29-26)22-10-12-23(33-4)13-11-22/h5-13,17-19,21H,14-16H2,1-4H3,(H,29,30,31)/t19-,21+/m1/s1. The average Bonchev–Trinajstić information content (AvgIpc) is 3.19. The van der Waals surface area contributed by atoms with Gasteiger partial charge >= 0.3 is 0 Å². The Labute approximate surface area is 195 Å². The molecule has 0 aliphatic heterocycles. The van der Waals surface area contributed by atoms with Crippen molar-refractivity contribution in [2.75, 3.05) is 12.4 Å². The molecule has 1 fully saturated rings. The topological polar surface area (TPSA) is 52.0 Å². The van der Waals surface area contributed by atoms with Gasteiger partial charge in [0.05, 0.1) is 12.5 Å². The molecule has 5 heteroatoms. The fourth-order valence-electron chi connectivity index (χ4n) is 5.60. The van der Waals surface area contributed by atoms with Gasteiger partial charge < -0.3 is 14.6 Å². The Balaban J connectivity index is 1.64. The molecule has 0 amide bonds. The highest BCUT2D eigenvalue weighted by Crippen LogP contribution is 2.41. The molecule has 2 aromatic carbocycles. The van der Waals surface area contributed by atoms with E-state index in [-0.39, 0.29) is 0 Å². The van der Waals surface area contributed by atoms with Crippen LogP contribution in [0.15, 0.2) is 67.1 Å². The molecule has 2 atom stereocenters. The van der Waals surface area contributed by atoms with E-state index >= 15 is 0 Å². The van der Waals surface area contributed by atoms with Gasteiger partial charge in [-0.15, -0.1) is 0 Å². The maximum absolute atomic E-state index is 5.35. The van der Waals surface area contributed by atoms with Crippen LogP contribution >= 0.6 is 0 Å². The fraction of sp³-hybridized carbons (Fsp3) is 0.357. The smallest absolute Gasteiger partial charge is 0.150 e. The number of ether oxygens (including phenoxy) is 1. The monoisotopic (exact) mass is 440 g/mol. The van der Waals surface area contributed by atoms with Gasteiger partial charge in [0.1, 0.15) is 17.9 Å². The van der Waals surface area contributed by atoms with Gasteiger partial charge in [-0.25, -0.2) is 9.97 Å². The SMILES string of the molecule is COc1ccc(-n2cc(-c3ccccc3)c3c(N[C@H]4C[C@@H](C)CC(C)(C)C4)ncnc32)cc1. The first-order valence-electron chi connectivity index (χ1n) is 11.8. The van der Waals surface area contributed by atoms with Crippen molar-refractivity contribution in [1.29, 1.82) is 0 Å². The van der Waals surface area contributed by atoms with Crippen molar-refractivity contribution in [3.8, 4) is 22.6 Å². The van der Waals surface area contributed by atoms with Gasteiger partial charge in [0.25, 0.3) is 0 Å². The number of hydrogen-bond acceptors (Lipinski definition) is 4. The van der Waals surface area contributed by atoms with E-state index in [0.717, 1.165) is 52.3 Å². The van der Waals surface area contributed by atoms with Crippen LogP contribution in [0.2, 0.25) is 0 Å². The van der Waals surface area contributed by atoms with E-state index in [1.165, 1.54) is 6.42 Å². The molecule has 33 heavy (non-hydrogen) atoms. The number of nitrogens with one attached hydrogen (secondary N) is 1. The van der Waals surface area contributed by atoms with Gasteiger partial charge in [0, 0.05) is 23.5 Å². The van der Waals surface area contributed by atoms with Gasteiger partial charge in [-0.2, -0.15) is 0 Å². The van der Waals surface area contributed by atoms with Crippen LogP contribution in [0.4, 0.5) is 5.82 Å². The summed E-state index contributed by atoms with van der Waals surface area (Å²) in [5.41, 5.74) is 4.57. The summed E-state index contributed by atoms with van der Waals surface area (Å²) in [5, 5.41) is 4.88. The minimum Gasteiger partial charge on any atom is -0.497 e. The molecular formula is C28H32N4O. The molecule has 0 spiro atoms. The Hall–Kier alpha value is -3.34. The van der Waals surface area contributed by atoms with Gasteiger partial charge in [-0.3, -0.25) is 0 Å². The first kappa shape index (κ1) is 21.5. The van der Waals surface area contributed by atoms with E-state index in [0.29, 0.717) is 17.4 Å². The fourth-order valence-corrected chi connectivity index (χ4v) is 5.60. The first-order valence-corrected chi connectivity index (χ1v) is 11.8. The number of rotatable bonds is 5. The van der Waals surface area contributed by atoms with E-state index < -0.39 is 0 Å². The molecule has 1 aliphatic rings. The molecule has 5 nitrogen and oxygen atoms in total. The summed E-state index contributed by atoms with van der Waals surface area (Å²) < 4.78 is 7.50. The highest BCUT2D eigenvalue weighted by atomic mass is 16.5. The summed E-state index contributed by atoms with van der Waals surface area (Å²) in [6.07, 6.45) is 7.43. The van der Waals surface area contributed by atoms with Crippen LogP contribution in [0.3, 0.4) is 0 Å². The normalized spacial score (nSPS) is 20.0. The Morgan fingerprint density at radius 2 is 1.76 bits per heavy atom. The molecule has 170 valence electrons. The number of nitrogens with zero attached hydrogens (tertiary/aromatic N) is 3. The van der Waals surface area contributed by atoms with Crippen LogP contribution in [-0.4, -0.2) is 27.7 Å². The molecule has 2 aromatic heterocycles. The summed E-state index contributed by atoms with van der Waals surface area (Å²) in [6, 6.07) is 19.0. The highest BCUT2D eigenvalue weighted by molar-refractivity contribution is 6.02. The lowest BCUT2D eigenvalue weighted by atomic mass is 9.70. The zero-order valence-corrected chi connectivity index (χ0v) is 19.9. The molecular weight excluding hydrogens is 408 g/mol. The maximum Gasteiger partial charge on any atom is 0.150 e. The molecule has 1 N–H and O–H groups in total. The van der Waals surface area contributed by atoms with Gasteiger partial charge in [0.2, 0.25) is 0 Å². The van der Waals surface area contributed by atoms with Crippen LogP contribution in [0.1, 0.15) is 40.0 Å². The Morgan fingerprint density at radius 3 is 2.45 bits per heavy atom.